The minimum Gasteiger partial charge on any atom is -0.509 e. The van der Waals surface area contributed by atoms with Crippen molar-refractivity contribution in [1.29, 1.82) is 0 Å². The van der Waals surface area contributed by atoms with Crippen molar-refractivity contribution in [3.05, 3.63) is 132 Å². The zero-order valence-electron chi connectivity index (χ0n) is 26.0. The molecule has 0 atom stereocenters. The van der Waals surface area contributed by atoms with Gasteiger partial charge in [-0.1, -0.05) is 55.8 Å². The Hall–Kier alpha value is -4.47. The van der Waals surface area contributed by atoms with Crippen LogP contribution in [0.25, 0.3) is 44.4 Å². The van der Waals surface area contributed by atoms with Gasteiger partial charge in [0.25, 0.3) is 0 Å². The molecule has 0 aliphatic rings. The maximum atomic E-state index is 6.53. The first kappa shape index (κ1) is 30.6. The SMILES string of the molecule is Cc1ccnc(-n2c3[c-]c(Oc4[c-]c(-n5cc(-c6c(C)cccc6C)cn5)cc(CC(C)C)c4)ccc3c3ccccc32)c1.[Pt+2]. The molecular formula is C39H34N4OPt. The van der Waals surface area contributed by atoms with E-state index in [1.807, 2.05) is 29.2 Å². The van der Waals surface area contributed by atoms with Crippen LogP contribution in [-0.4, -0.2) is 19.3 Å². The van der Waals surface area contributed by atoms with Crippen LogP contribution in [0.1, 0.15) is 36.1 Å². The van der Waals surface area contributed by atoms with Crippen molar-refractivity contribution in [1.82, 2.24) is 19.3 Å². The molecule has 0 fully saturated rings. The molecular weight excluding hydrogens is 736 g/mol. The number of ether oxygens (including phenoxy) is 1. The fraction of sp³-hybridized carbons (Fsp3) is 0.179. The fourth-order valence-corrected chi connectivity index (χ4v) is 6.14. The number of aromatic nitrogens is 4. The predicted octanol–water partition coefficient (Wildman–Crippen LogP) is 9.55. The van der Waals surface area contributed by atoms with Crippen molar-refractivity contribution in [2.24, 2.45) is 5.92 Å². The molecule has 4 aromatic carbocycles. The number of aryl methyl sites for hydroxylation is 3. The molecule has 3 heterocycles. The molecule has 3 aromatic heterocycles. The third-order valence-electron chi connectivity index (χ3n) is 8.04. The van der Waals surface area contributed by atoms with Gasteiger partial charge in [0.15, 0.2) is 0 Å². The van der Waals surface area contributed by atoms with Gasteiger partial charge in [0.05, 0.1) is 6.20 Å². The van der Waals surface area contributed by atoms with Crippen LogP contribution in [0.2, 0.25) is 0 Å². The van der Waals surface area contributed by atoms with Crippen molar-refractivity contribution >= 4 is 21.8 Å². The summed E-state index contributed by atoms with van der Waals surface area (Å²) in [5.74, 6) is 2.60. The van der Waals surface area contributed by atoms with Gasteiger partial charge in [0.1, 0.15) is 5.82 Å². The number of fused-ring (bicyclic) bond motifs is 3. The van der Waals surface area contributed by atoms with Crippen molar-refractivity contribution in [2.75, 3.05) is 0 Å². The van der Waals surface area contributed by atoms with Crippen molar-refractivity contribution in [3.63, 3.8) is 0 Å². The summed E-state index contributed by atoms with van der Waals surface area (Å²) in [5.41, 5.74) is 9.94. The molecule has 0 amide bonds. The van der Waals surface area contributed by atoms with Gasteiger partial charge in [-0.25, -0.2) is 4.98 Å². The predicted molar refractivity (Wildman–Crippen MR) is 178 cm³/mol. The average molecular weight is 770 g/mol. The van der Waals surface area contributed by atoms with E-state index in [4.69, 9.17) is 14.8 Å². The second-order valence-electron chi connectivity index (χ2n) is 12.0. The smallest absolute Gasteiger partial charge is 0.509 e. The molecule has 0 N–H and O–H groups in total. The summed E-state index contributed by atoms with van der Waals surface area (Å²) in [6.45, 7) is 10.8. The number of hydrogen-bond donors (Lipinski definition) is 0. The molecule has 0 bridgehead atoms. The third-order valence-corrected chi connectivity index (χ3v) is 8.04. The number of hydrogen-bond acceptors (Lipinski definition) is 3. The number of pyridine rings is 1. The molecule has 0 saturated heterocycles. The maximum absolute atomic E-state index is 6.53. The molecule has 5 nitrogen and oxygen atoms in total. The topological polar surface area (TPSA) is 44.9 Å². The minimum absolute atomic E-state index is 0. The molecule has 0 radical (unpaired) electrons. The van der Waals surface area contributed by atoms with E-state index in [9.17, 15) is 0 Å². The van der Waals surface area contributed by atoms with E-state index in [1.54, 1.807) is 0 Å². The first-order valence-electron chi connectivity index (χ1n) is 15.1. The zero-order chi connectivity index (χ0) is 30.4. The Balaban J connectivity index is 0.00000357. The Bertz CT molecular complexity index is 2140. The second-order valence-corrected chi connectivity index (χ2v) is 12.0. The first-order chi connectivity index (χ1) is 21.3. The summed E-state index contributed by atoms with van der Waals surface area (Å²) in [4.78, 5) is 4.70. The second kappa shape index (κ2) is 12.5. The van der Waals surface area contributed by atoms with E-state index in [0.29, 0.717) is 17.4 Å². The molecule has 0 saturated carbocycles. The van der Waals surface area contributed by atoms with E-state index in [0.717, 1.165) is 50.9 Å². The van der Waals surface area contributed by atoms with E-state index < -0.39 is 0 Å². The quantitative estimate of drug-likeness (QED) is 0.152. The summed E-state index contributed by atoms with van der Waals surface area (Å²) in [7, 11) is 0. The molecule has 226 valence electrons. The summed E-state index contributed by atoms with van der Waals surface area (Å²) in [6, 6.07) is 34.3. The Labute approximate surface area is 278 Å². The van der Waals surface area contributed by atoms with Crippen molar-refractivity contribution in [2.45, 2.75) is 41.0 Å². The Morgan fingerprint density at radius 1 is 0.822 bits per heavy atom. The van der Waals surface area contributed by atoms with Crippen LogP contribution in [0.3, 0.4) is 0 Å². The molecule has 6 heteroatoms. The van der Waals surface area contributed by atoms with Crippen molar-refractivity contribution in [3.8, 4) is 34.1 Å². The van der Waals surface area contributed by atoms with Crippen LogP contribution in [0, 0.1) is 38.8 Å². The third kappa shape index (κ3) is 5.97. The van der Waals surface area contributed by atoms with Gasteiger partial charge in [-0.2, -0.15) is 16.7 Å². The van der Waals surface area contributed by atoms with Gasteiger partial charge in [0.2, 0.25) is 0 Å². The fourth-order valence-electron chi connectivity index (χ4n) is 6.14. The maximum Gasteiger partial charge on any atom is 2.00 e. The van der Waals surface area contributed by atoms with Gasteiger partial charge in [-0.05, 0) is 84.6 Å². The molecule has 0 unspecified atom stereocenters. The van der Waals surface area contributed by atoms with Crippen molar-refractivity contribution < 1.29 is 25.8 Å². The largest absolute Gasteiger partial charge is 2.00 e. The van der Waals surface area contributed by atoms with Gasteiger partial charge in [-0.15, -0.1) is 35.7 Å². The van der Waals surface area contributed by atoms with Gasteiger partial charge < -0.3 is 9.30 Å². The monoisotopic (exact) mass is 769 g/mol. The molecule has 0 aliphatic heterocycles. The molecule has 7 aromatic rings. The van der Waals surface area contributed by atoms with E-state index in [-0.39, 0.29) is 21.1 Å². The average Bonchev–Trinajstić information content (AvgIpc) is 3.60. The first-order valence-corrected chi connectivity index (χ1v) is 15.1. The molecule has 0 aliphatic carbocycles. The van der Waals surface area contributed by atoms with E-state index in [1.165, 1.54) is 22.3 Å². The van der Waals surface area contributed by atoms with E-state index >= 15 is 0 Å². The summed E-state index contributed by atoms with van der Waals surface area (Å²) in [5, 5.41) is 7.00. The number of para-hydroxylation sites is 1. The van der Waals surface area contributed by atoms with Crippen LogP contribution in [0.4, 0.5) is 0 Å². The van der Waals surface area contributed by atoms with Crippen LogP contribution in [-0.2, 0) is 27.5 Å². The Kier molecular flexibility index (Phi) is 8.48. The minimum atomic E-state index is 0. The Morgan fingerprint density at radius 2 is 1.62 bits per heavy atom. The molecule has 7 rings (SSSR count). The summed E-state index contributed by atoms with van der Waals surface area (Å²) >= 11 is 0. The van der Waals surface area contributed by atoms with Crippen LogP contribution >= 0.6 is 0 Å². The molecule has 0 spiro atoms. The number of rotatable bonds is 7. The Morgan fingerprint density at radius 3 is 2.40 bits per heavy atom. The normalized spacial score (nSPS) is 11.3. The van der Waals surface area contributed by atoms with Gasteiger partial charge in [0, 0.05) is 35.0 Å². The van der Waals surface area contributed by atoms with E-state index in [2.05, 4.69) is 124 Å². The standard InChI is InChI=1S/C39H34N4O.Pt/c1-25(2)17-29-19-31(42-24-30(23-41-42)39-27(4)9-8-10-28(39)5)21-33(20-29)44-32-13-14-35-34-11-6-7-12-36(34)43(37(35)22-32)38-18-26(3)15-16-40-38;/h6-16,18-20,23-25H,17H2,1-5H3;/q-2;+2. The zero-order valence-corrected chi connectivity index (χ0v) is 28.3. The van der Waals surface area contributed by atoms with Gasteiger partial charge >= 0.3 is 21.1 Å². The van der Waals surface area contributed by atoms with Crippen LogP contribution in [0.15, 0.2) is 97.5 Å². The van der Waals surface area contributed by atoms with Crippen LogP contribution < -0.4 is 4.74 Å². The summed E-state index contributed by atoms with van der Waals surface area (Å²) < 4.78 is 10.6. The summed E-state index contributed by atoms with van der Waals surface area (Å²) in [6.07, 6.45) is 6.77. The number of benzene rings is 4. The molecule has 45 heavy (non-hydrogen) atoms. The van der Waals surface area contributed by atoms with Gasteiger partial charge in [-0.3, -0.25) is 4.68 Å². The number of nitrogens with zero attached hydrogens (tertiary/aromatic N) is 4. The van der Waals surface area contributed by atoms with Crippen LogP contribution in [0.5, 0.6) is 11.5 Å².